The van der Waals surface area contributed by atoms with Crippen molar-refractivity contribution in [2.75, 3.05) is 25.5 Å². The molecule has 3 aromatic rings. The molecular weight excluding hydrogens is 371 g/mol. The van der Waals surface area contributed by atoms with Crippen molar-refractivity contribution in [2.24, 2.45) is 0 Å². The molecule has 1 aromatic heterocycles. The summed E-state index contributed by atoms with van der Waals surface area (Å²) in [6.45, 7) is 1.14. The summed E-state index contributed by atoms with van der Waals surface area (Å²) in [5.74, 6) is 0.885. The van der Waals surface area contributed by atoms with E-state index in [2.05, 4.69) is 20.6 Å². The number of nitrogens with zero attached hydrogens (tertiary/aromatic N) is 2. The van der Waals surface area contributed by atoms with Crippen LogP contribution in [0.5, 0.6) is 5.75 Å². The second kappa shape index (κ2) is 10.2. The first-order valence-electron chi connectivity index (χ1n) is 9.35. The molecule has 0 fully saturated rings. The van der Waals surface area contributed by atoms with E-state index in [1.165, 1.54) is 23.9 Å². The summed E-state index contributed by atoms with van der Waals surface area (Å²) in [7, 11) is 1.64. The van der Waals surface area contributed by atoms with Gasteiger partial charge in [0, 0.05) is 13.1 Å². The van der Waals surface area contributed by atoms with Crippen LogP contribution in [0.4, 0.5) is 10.2 Å². The molecule has 2 aromatic carbocycles. The van der Waals surface area contributed by atoms with Gasteiger partial charge < -0.3 is 15.4 Å². The monoisotopic (exact) mass is 394 g/mol. The van der Waals surface area contributed by atoms with E-state index < -0.39 is 0 Å². The van der Waals surface area contributed by atoms with Gasteiger partial charge in [-0.2, -0.15) is 0 Å². The molecule has 1 heterocycles. The number of nitrogens with one attached hydrogen (secondary N) is 2. The van der Waals surface area contributed by atoms with E-state index in [1.807, 2.05) is 24.3 Å². The van der Waals surface area contributed by atoms with Crippen LogP contribution in [0.25, 0.3) is 0 Å². The molecule has 0 saturated heterocycles. The molecular formula is C22H23FN4O2. The molecule has 29 heavy (non-hydrogen) atoms. The zero-order valence-corrected chi connectivity index (χ0v) is 16.2. The fraction of sp³-hybridized carbons (Fsp3) is 0.227. The Morgan fingerprint density at radius 3 is 2.21 bits per heavy atom. The number of carbonyl (C=O) groups is 1. The first-order chi connectivity index (χ1) is 14.1. The van der Waals surface area contributed by atoms with Gasteiger partial charge in [0.1, 0.15) is 23.1 Å². The number of anilines is 1. The van der Waals surface area contributed by atoms with E-state index in [9.17, 15) is 9.18 Å². The third-order valence-electron chi connectivity index (χ3n) is 4.38. The third kappa shape index (κ3) is 6.27. The van der Waals surface area contributed by atoms with Gasteiger partial charge in [0.05, 0.1) is 19.5 Å². The molecule has 2 N–H and O–H groups in total. The molecule has 150 valence electrons. The zero-order chi connectivity index (χ0) is 20.5. The highest BCUT2D eigenvalue weighted by molar-refractivity contribution is 5.91. The number of benzene rings is 2. The Kier molecular flexibility index (Phi) is 7.10. The fourth-order valence-electron chi connectivity index (χ4n) is 2.73. The second-order valence-corrected chi connectivity index (χ2v) is 6.44. The number of hydrogen-bond acceptors (Lipinski definition) is 5. The number of halogens is 1. The Labute approximate surface area is 169 Å². The minimum Gasteiger partial charge on any atom is -0.497 e. The molecule has 0 aliphatic rings. The molecule has 0 radical (unpaired) electrons. The van der Waals surface area contributed by atoms with Crippen LogP contribution in [0.1, 0.15) is 21.6 Å². The first-order valence-corrected chi connectivity index (χ1v) is 9.35. The summed E-state index contributed by atoms with van der Waals surface area (Å²) in [5, 5.41) is 5.98. The molecule has 0 bridgehead atoms. The minimum atomic E-state index is -0.288. The molecule has 0 spiro atoms. The molecule has 0 aliphatic carbocycles. The van der Waals surface area contributed by atoms with Gasteiger partial charge in [-0.05, 0) is 48.2 Å². The SMILES string of the molecule is COc1ccc(CCNc2cnc(C(=O)NCCc3ccc(F)cc3)cn2)cc1. The fourth-order valence-corrected chi connectivity index (χ4v) is 2.73. The van der Waals surface area contributed by atoms with Crippen molar-refractivity contribution in [3.8, 4) is 5.75 Å². The van der Waals surface area contributed by atoms with Crippen molar-refractivity contribution in [2.45, 2.75) is 12.8 Å². The Morgan fingerprint density at radius 2 is 1.59 bits per heavy atom. The number of carbonyl (C=O) groups excluding carboxylic acids is 1. The number of ether oxygens (including phenoxy) is 1. The zero-order valence-electron chi connectivity index (χ0n) is 16.2. The van der Waals surface area contributed by atoms with Crippen LogP contribution in [0.2, 0.25) is 0 Å². The molecule has 3 rings (SSSR count). The Morgan fingerprint density at radius 1 is 0.931 bits per heavy atom. The van der Waals surface area contributed by atoms with Crippen molar-refractivity contribution >= 4 is 11.7 Å². The molecule has 6 nitrogen and oxygen atoms in total. The summed E-state index contributed by atoms with van der Waals surface area (Å²) in [6.07, 6.45) is 4.44. The lowest BCUT2D eigenvalue weighted by molar-refractivity contribution is 0.0949. The average molecular weight is 394 g/mol. The normalized spacial score (nSPS) is 10.4. The average Bonchev–Trinajstić information content (AvgIpc) is 2.76. The Bertz CT molecular complexity index is 913. The Balaban J connectivity index is 1.41. The lowest BCUT2D eigenvalue weighted by Gasteiger charge is -2.08. The summed E-state index contributed by atoms with van der Waals surface area (Å²) in [5.41, 5.74) is 2.39. The van der Waals surface area contributed by atoms with Gasteiger partial charge in [-0.25, -0.2) is 14.4 Å². The molecule has 7 heteroatoms. The summed E-state index contributed by atoms with van der Waals surface area (Å²) >= 11 is 0. The number of hydrogen-bond donors (Lipinski definition) is 2. The maximum Gasteiger partial charge on any atom is 0.271 e. The van der Waals surface area contributed by atoms with E-state index in [4.69, 9.17) is 4.74 Å². The quantitative estimate of drug-likeness (QED) is 0.583. The Hall–Kier alpha value is -3.48. The highest BCUT2D eigenvalue weighted by Gasteiger charge is 2.07. The smallest absolute Gasteiger partial charge is 0.271 e. The standard InChI is InChI=1S/C22H23FN4O2/c1-29-19-8-4-17(5-9-19)10-12-24-21-15-26-20(14-27-21)22(28)25-13-11-16-2-6-18(23)7-3-16/h2-9,14-15H,10-13H2,1H3,(H,24,27)(H,25,28). The van der Waals surface area contributed by atoms with Crippen molar-refractivity contribution < 1.29 is 13.9 Å². The lowest BCUT2D eigenvalue weighted by Crippen LogP contribution is -2.26. The number of methoxy groups -OCH3 is 1. The lowest BCUT2D eigenvalue weighted by atomic mass is 10.1. The predicted octanol–water partition coefficient (Wildman–Crippen LogP) is 3.25. The molecule has 0 unspecified atom stereocenters. The van der Waals surface area contributed by atoms with Crippen LogP contribution in [0, 0.1) is 5.82 Å². The van der Waals surface area contributed by atoms with E-state index in [1.54, 1.807) is 25.4 Å². The van der Waals surface area contributed by atoms with Crippen LogP contribution in [0.15, 0.2) is 60.9 Å². The highest BCUT2D eigenvalue weighted by atomic mass is 19.1. The number of rotatable bonds is 9. The van der Waals surface area contributed by atoms with Crippen molar-refractivity contribution in [3.05, 3.63) is 83.6 Å². The van der Waals surface area contributed by atoms with Crippen molar-refractivity contribution in [3.63, 3.8) is 0 Å². The maximum atomic E-state index is 12.9. The molecule has 0 atom stereocenters. The van der Waals surface area contributed by atoms with Crippen LogP contribution in [-0.2, 0) is 12.8 Å². The van der Waals surface area contributed by atoms with E-state index in [0.717, 1.165) is 17.7 Å². The van der Waals surface area contributed by atoms with Gasteiger partial charge in [-0.3, -0.25) is 4.79 Å². The van der Waals surface area contributed by atoms with Crippen molar-refractivity contribution in [1.29, 1.82) is 0 Å². The van der Waals surface area contributed by atoms with E-state index in [0.29, 0.717) is 25.3 Å². The van der Waals surface area contributed by atoms with Crippen LogP contribution in [0.3, 0.4) is 0 Å². The number of aromatic nitrogens is 2. The van der Waals surface area contributed by atoms with Crippen LogP contribution < -0.4 is 15.4 Å². The van der Waals surface area contributed by atoms with Crippen LogP contribution >= 0.6 is 0 Å². The third-order valence-corrected chi connectivity index (χ3v) is 4.38. The van der Waals surface area contributed by atoms with E-state index >= 15 is 0 Å². The van der Waals surface area contributed by atoms with Crippen LogP contribution in [-0.4, -0.2) is 36.1 Å². The van der Waals surface area contributed by atoms with Gasteiger partial charge in [-0.1, -0.05) is 24.3 Å². The molecule has 1 amide bonds. The maximum absolute atomic E-state index is 12.9. The predicted molar refractivity (Wildman–Crippen MR) is 110 cm³/mol. The van der Waals surface area contributed by atoms with Gasteiger partial charge in [-0.15, -0.1) is 0 Å². The minimum absolute atomic E-state index is 0.254. The first kappa shape index (κ1) is 20.3. The van der Waals surface area contributed by atoms with Gasteiger partial charge in [0.25, 0.3) is 5.91 Å². The van der Waals surface area contributed by atoms with Gasteiger partial charge in [0.15, 0.2) is 0 Å². The largest absolute Gasteiger partial charge is 0.497 e. The topological polar surface area (TPSA) is 76.1 Å². The summed E-state index contributed by atoms with van der Waals surface area (Å²) in [4.78, 5) is 20.5. The van der Waals surface area contributed by atoms with Gasteiger partial charge in [0.2, 0.25) is 0 Å². The highest BCUT2D eigenvalue weighted by Crippen LogP contribution is 2.12. The molecule has 0 saturated carbocycles. The van der Waals surface area contributed by atoms with Crippen molar-refractivity contribution in [1.82, 2.24) is 15.3 Å². The number of amides is 1. The van der Waals surface area contributed by atoms with E-state index in [-0.39, 0.29) is 17.4 Å². The second-order valence-electron chi connectivity index (χ2n) is 6.44. The summed E-state index contributed by atoms with van der Waals surface area (Å²) in [6, 6.07) is 14.1. The summed E-state index contributed by atoms with van der Waals surface area (Å²) < 4.78 is 18.0. The van der Waals surface area contributed by atoms with Gasteiger partial charge >= 0.3 is 0 Å². The molecule has 0 aliphatic heterocycles.